The van der Waals surface area contributed by atoms with Crippen LogP contribution in [0.3, 0.4) is 0 Å². The SMILES string of the molecule is CCC(CN)CC(=O)Cc1ccc(Br)cc1. The number of nitrogens with two attached hydrogens (primary N) is 1. The molecule has 0 aliphatic heterocycles. The quantitative estimate of drug-likeness (QED) is 0.872. The molecule has 2 nitrogen and oxygen atoms in total. The largest absolute Gasteiger partial charge is 0.330 e. The highest BCUT2D eigenvalue weighted by Crippen LogP contribution is 2.13. The molecule has 0 heterocycles. The van der Waals surface area contributed by atoms with Crippen molar-refractivity contribution in [3.05, 3.63) is 34.3 Å². The molecule has 88 valence electrons. The number of ketones is 1. The van der Waals surface area contributed by atoms with Gasteiger partial charge in [-0.25, -0.2) is 0 Å². The molecule has 0 spiro atoms. The van der Waals surface area contributed by atoms with Gasteiger partial charge in [0.15, 0.2) is 0 Å². The molecule has 1 rings (SSSR count). The molecule has 16 heavy (non-hydrogen) atoms. The first-order chi connectivity index (χ1) is 7.65. The summed E-state index contributed by atoms with van der Waals surface area (Å²) in [5.74, 6) is 0.613. The highest BCUT2D eigenvalue weighted by Gasteiger charge is 2.10. The maximum absolute atomic E-state index is 11.8. The van der Waals surface area contributed by atoms with E-state index in [0.717, 1.165) is 16.5 Å². The van der Waals surface area contributed by atoms with Crippen LogP contribution in [0.2, 0.25) is 0 Å². The van der Waals surface area contributed by atoms with Gasteiger partial charge in [0.2, 0.25) is 0 Å². The highest BCUT2D eigenvalue weighted by molar-refractivity contribution is 9.10. The second kappa shape index (κ2) is 6.81. The Hall–Kier alpha value is -0.670. The van der Waals surface area contributed by atoms with Crippen LogP contribution in [0.15, 0.2) is 28.7 Å². The van der Waals surface area contributed by atoms with Crippen LogP contribution in [0.25, 0.3) is 0 Å². The maximum Gasteiger partial charge on any atom is 0.137 e. The van der Waals surface area contributed by atoms with Crippen molar-refractivity contribution in [1.29, 1.82) is 0 Å². The van der Waals surface area contributed by atoms with E-state index >= 15 is 0 Å². The lowest BCUT2D eigenvalue weighted by molar-refractivity contribution is -0.119. The van der Waals surface area contributed by atoms with E-state index < -0.39 is 0 Å². The molecule has 0 saturated heterocycles. The predicted octanol–water partition coefficient (Wildman–Crippen LogP) is 2.94. The molecule has 1 unspecified atom stereocenters. The number of halogens is 1. The summed E-state index contributed by atoms with van der Waals surface area (Å²) in [6.45, 7) is 2.67. The van der Waals surface area contributed by atoms with Gasteiger partial charge in [0.05, 0.1) is 0 Å². The molecular formula is C13H18BrNO. The van der Waals surface area contributed by atoms with Crippen LogP contribution in [-0.2, 0) is 11.2 Å². The van der Waals surface area contributed by atoms with Crippen molar-refractivity contribution in [2.24, 2.45) is 11.7 Å². The van der Waals surface area contributed by atoms with Crippen molar-refractivity contribution in [3.8, 4) is 0 Å². The molecule has 0 radical (unpaired) electrons. The van der Waals surface area contributed by atoms with Gasteiger partial charge in [-0.2, -0.15) is 0 Å². The Morgan fingerprint density at radius 3 is 2.50 bits per heavy atom. The van der Waals surface area contributed by atoms with Gasteiger partial charge in [0, 0.05) is 17.3 Å². The van der Waals surface area contributed by atoms with Crippen molar-refractivity contribution in [1.82, 2.24) is 0 Å². The first-order valence-corrected chi connectivity index (χ1v) is 6.41. The molecule has 1 atom stereocenters. The molecule has 3 heteroatoms. The van der Waals surface area contributed by atoms with Crippen LogP contribution in [0.1, 0.15) is 25.3 Å². The molecule has 0 aliphatic carbocycles. The Balaban J connectivity index is 2.48. The zero-order valence-corrected chi connectivity index (χ0v) is 11.2. The molecule has 0 aliphatic rings. The number of benzene rings is 1. The minimum absolute atomic E-state index is 0.277. The van der Waals surface area contributed by atoms with E-state index in [-0.39, 0.29) is 5.78 Å². The Kier molecular flexibility index (Phi) is 5.71. The fraction of sp³-hybridized carbons (Fsp3) is 0.462. The summed E-state index contributed by atoms with van der Waals surface area (Å²) in [4.78, 5) is 11.8. The fourth-order valence-electron chi connectivity index (χ4n) is 1.62. The molecular weight excluding hydrogens is 266 g/mol. The molecule has 1 aromatic rings. The monoisotopic (exact) mass is 283 g/mol. The number of hydrogen-bond donors (Lipinski definition) is 1. The molecule has 1 aromatic carbocycles. The van der Waals surface area contributed by atoms with Gasteiger partial charge in [-0.1, -0.05) is 41.4 Å². The summed E-state index contributed by atoms with van der Waals surface area (Å²) in [7, 11) is 0. The topological polar surface area (TPSA) is 43.1 Å². The van der Waals surface area contributed by atoms with Crippen molar-refractivity contribution in [2.45, 2.75) is 26.2 Å². The maximum atomic E-state index is 11.8. The summed E-state index contributed by atoms with van der Waals surface area (Å²) in [5.41, 5.74) is 6.66. The third-order valence-corrected chi connectivity index (χ3v) is 3.27. The van der Waals surface area contributed by atoms with Crippen LogP contribution in [0, 0.1) is 5.92 Å². The van der Waals surface area contributed by atoms with Crippen LogP contribution in [0.5, 0.6) is 0 Å². The highest BCUT2D eigenvalue weighted by atomic mass is 79.9. The number of Topliss-reactive ketones (excluding diaryl/α,β-unsaturated/α-hetero) is 1. The molecule has 0 bridgehead atoms. The first-order valence-electron chi connectivity index (χ1n) is 5.62. The van der Waals surface area contributed by atoms with Crippen LogP contribution in [-0.4, -0.2) is 12.3 Å². The standard InChI is InChI=1S/C13H18BrNO/c1-2-10(9-15)7-13(16)8-11-3-5-12(14)6-4-11/h3-6,10H,2,7-9,15H2,1H3. The predicted molar refractivity (Wildman–Crippen MR) is 70.3 cm³/mol. The van der Waals surface area contributed by atoms with Crippen molar-refractivity contribution in [2.75, 3.05) is 6.54 Å². The van der Waals surface area contributed by atoms with E-state index in [0.29, 0.717) is 25.3 Å². The summed E-state index contributed by atoms with van der Waals surface area (Å²) >= 11 is 3.37. The van der Waals surface area contributed by atoms with Gasteiger partial charge in [0.1, 0.15) is 5.78 Å². The van der Waals surface area contributed by atoms with Crippen LogP contribution in [0.4, 0.5) is 0 Å². The van der Waals surface area contributed by atoms with Gasteiger partial charge in [-0.15, -0.1) is 0 Å². The second-order valence-electron chi connectivity index (χ2n) is 4.06. The first kappa shape index (κ1) is 13.4. The third kappa shape index (κ3) is 4.45. The minimum atomic E-state index is 0.277. The Labute approximate surface area is 105 Å². The number of rotatable bonds is 6. The van der Waals surface area contributed by atoms with Crippen molar-refractivity contribution in [3.63, 3.8) is 0 Å². The van der Waals surface area contributed by atoms with Gasteiger partial charge in [-0.05, 0) is 30.2 Å². The van der Waals surface area contributed by atoms with Gasteiger partial charge in [-0.3, -0.25) is 4.79 Å². The average Bonchev–Trinajstić information content (AvgIpc) is 2.29. The van der Waals surface area contributed by atoms with Crippen molar-refractivity contribution < 1.29 is 4.79 Å². The van der Waals surface area contributed by atoms with Gasteiger partial charge < -0.3 is 5.73 Å². The van der Waals surface area contributed by atoms with E-state index in [9.17, 15) is 4.79 Å². The normalized spacial score (nSPS) is 12.4. The van der Waals surface area contributed by atoms with E-state index in [1.807, 2.05) is 24.3 Å². The molecule has 0 fully saturated rings. The molecule has 0 amide bonds. The van der Waals surface area contributed by atoms with Crippen LogP contribution < -0.4 is 5.73 Å². The Bertz CT molecular complexity index is 330. The molecule has 0 aromatic heterocycles. The van der Waals surface area contributed by atoms with E-state index in [2.05, 4.69) is 22.9 Å². The zero-order chi connectivity index (χ0) is 12.0. The fourth-order valence-corrected chi connectivity index (χ4v) is 1.88. The van der Waals surface area contributed by atoms with Gasteiger partial charge >= 0.3 is 0 Å². The van der Waals surface area contributed by atoms with Gasteiger partial charge in [0.25, 0.3) is 0 Å². The summed E-state index contributed by atoms with van der Waals surface area (Å²) in [6, 6.07) is 7.88. The molecule has 0 saturated carbocycles. The minimum Gasteiger partial charge on any atom is -0.330 e. The van der Waals surface area contributed by atoms with E-state index in [1.54, 1.807) is 0 Å². The van der Waals surface area contributed by atoms with E-state index in [4.69, 9.17) is 5.73 Å². The van der Waals surface area contributed by atoms with Crippen molar-refractivity contribution >= 4 is 21.7 Å². The average molecular weight is 284 g/mol. The Morgan fingerprint density at radius 2 is 2.00 bits per heavy atom. The third-order valence-electron chi connectivity index (χ3n) is 2.74. The second-order valence-corrected chi connectivity index (χ2v) is 4.97. The zero-order valence-electron chi connectivity index (χ0n) is 9.58. The molecule has 2 N–H and O–H groups in total. The summed E-state index contributed by atoms with van der Waals surface area (Å²) < 4.78 is 1.04. The number of hydrogen-bond acceptors (Lipinski definition) is 2. The van der Waals surface area contributed by atoms with E-state index in [1.165, 1.54) is 0 Å². The lowest BCUT2D eigenvalue weighted by atomic mass is 9.96. The van der Waals surface area contributed by atoms with Crippen LogP contribution >= 0.6 is 15.9 Å². The number of carbonyl (C=O) groups excluding carboxylic acids is 1. The lowest BCUT2D eigenvalue weighted by Gasteiger charge is -2.10. The Morgan fingerprint density at radius 1 is 1.38 bits per heavy atom. The lowest BCUT2D eigenvalue weighted by Crippen LogP contribution is -2.18. The smallest absolute Gasteiger partial charge is 0.137 e. The summed E-state index contributed by atoms with van der Waals surface area (Å²) in [5, 5.41) is 0. The number of carbonyl (C=O) groups is 1. The summed E-state index contributed by atoms with van der Waals surface area (Å²) in [6.07, 6.45) is 2.09.